The molecule has 0 N–H and O–H groups in total. The average molecular weight is 407 g/mol. The van der Waals surface area contributed by atoms with Crippen LogP contribution in [0.1, 0.15) is 11.6 Å². The van der Waals surface area contributed by atoms with Gasteiger partial charge in [0, 0.05) is 31.7 Å². The number of benzene rings is 2. The minimum Gasteiger partial charge on any atom is -0.497 e. The van der Waals surface area contributed by atoms with Crippen molar-refractivity contribution in [2.24, 2.45) is 0 Å². The van der Waals surface area contributed by atoms with Crippen LogP contribution in [0.5, 0.6) is 17.2 Å². The van der Waals surface area contributed by atoms with Crippen LogP contribution in [0.25, 0.3) is 0 Å². The third-order valence-electron chi connectivity index (χ3n) is 5.10. The van der Waals surface area contributed by atoms with Crippen molar-refractivity contribution < 1.29 is 22.6 Å². The van der Waals surface area contributed by atoms with Crippen LogP contribution < -0.4 is 14.2 Å². The SMILES string of the molecule is COc1ccc(C2CN(S(=O)(=O)c3cc(OC)ccc3OC)CCN2C)cc1. The van der Waals surface area contributed by atoms with E-state index in [9.17, 15) is 8.42 Å². The summed E-state index contributed by atoms with van der Waals surface area (Å²) in [6, 6.07) is 12.5. The second kappa shape index (κ2) is 8.38. The fraction of sp³-hybridized carbons (Fsp3) is 0.400. The van der Waals surface area contributed by atoms with Gasteiger partial charge in [-0.1, -0.05) is 12.1 Å². The van der Waals surface area contributed by atoms with E-state index >= 15 is 0 Å². The molecule has 8 heteroatoms. The van der Waals surface area contributed by atoms with Crippen molar-refractivity contribution in [2.45, 2.75) is 10.9 Å². The van der Waals surface area contributed by atoms with Crippen molar-refractivity contribution in [3.63, 3.8) is 0 Å². The van der Waals surface area contributed by atoms with Crippen molar-refractivity contribution in [3.05, 3.63) is 48.0 Å². The molecule has 1 aliphatic rings. The van der Waals surface area contributed by atoms with Crippen molar-refractivity contribution in [3.8, 4) is 17.2 Å². The minimum absolute atomic E-state index is 0.0500. The third kappa shape index (κ3) is 3.94. The lowest BCUT2D eigenvalue weighted by Gasteiger charge is -2.39. The van der Waals surface area contributed by atoms with Gasteiger partial charge in [0.2, 0.25) is 10.0 Å². The quantitative estimate of drug-likeness (QED) is 0.734. The van der Waals surface area contributed by atoms with Crippen LogP contribution >= 0.6 is 0 Å². The van der Waals surface area contributed by atoms with Gasteiger partial charge >= 0.3 is 0 Å². The Morgan fingerprint density at radius 1 is 0.893 bits per heavy atom. The normalized spacial score (nSPS) is 18.6. The number of hydrogen-bond donors (Lipinski definition) is 0. The molecule has 2 aromatic rings. The highest BCUT2D eigenvalue weighted by Gasteiger charge is 2.35. The van der Waals surface area contributed by atoms with Gasteiger partial charge in [0.1, 0.15) is 22.1 Å². The van der Waals surface area contributed by atoms with Gasteiger partial charge in [0.15, 0.2) is 0 Å². The Morgan fingerprint density at radius 3 is 2.14 bits per heavy atom. The highest BCUT2D eigenvalue weighted by Crippen LogP contribution is 2.34. The first-order valence-corrected chi connectivity index (χ1v) is 10.4. The number of nitrogens with zero attached hydrogens (tertiary/aromatic N) is 2. The molecule has 28 heavy (non-hydrogen) atoms. The molecule has 1 fully saturated rings. The molecule has 0 spiro atoms. The molecule has 0 saturated carbocycles. The molecule has 0 aromatic heterocycles. The molecule has 0 bridgehead atoms. The van der Waals surface area contributed by atoms with Gasteiger partial charge in [-0.2, -0.15) is 4.31 Å². The molecule has 1 heterocycles. The fourth-order valence-corrected chi connectivity index (χ4v) is 4.99. The number of piperazine rings is 1. The first-order chi connectivity index (χ1) is 13.4. The highest BCUT2D eigenvalue weighted by molar-refractivity contribution is 7.89. The zero-order valence-corrected chi connectivity index (χ0v) is 17.4. The Kier molecular flexibility index (Phi) is 6.12. The summed E-state index contributed by atoms with van der Waals surface area (Å²) in [6.07, 6.45) is 0. The second-order valence-electron chi connectivity index (χ2n) is 6.65. The smallest absolute Gasteiger partial charge is 0.247 e. The van der Waals surface area contributed by atoms with Crippen LogP contribution in [0.15, 0.2) is 47.4 Å². The lowest BCUT2D eigenvalue weighted by molar-refractivity contribution is 0.148. The minimum atomic E-state index is -3.74. The van der Waals surface area contributed by atoms with Crippen molar-refractivity contribution in [2.75, 3.05) is 48.0 Å². The molecular formula is C20H26N2O5S. The molecule has 0 aliphatic carbocycles. The summed E-state index contributed by atoms with van der Waals surface area (Å²) in [7, 11) is 2.86. The molecule has 152 valence electrons. The maximum absolute atomic E-state index is 13.4. The summed E-state index contributed by atoms with van der Waals surface area (Å²) in [6.45, 7) is 1.39. The number of methoxy groups -OCH3 is 3. The van der Waals surface area contributed by atoms with E-state index in [4.69, 9.17) is 14.2 Å². The van der Waals surface area contributed by atoms with E-state index < -0.39 is 10.0 Å². The predicted molar refractivity (Wildman–Crippen MR) is 107 cm³/mol. The van der Waals surface area contributed by atoms with Gasteiger partial charge in [0.05, 0.1) is 21.3 Å². The molecule has 1 unspecified atom stereocenters. The largest absolute Gasteiger partial charge is 0.497 e. The fourth-order valence-electron chi connectivity index (χ4n) is 3.38. The zero-order valence-electron chi connectivity index (χ0n) is 16.6. The number of hydrogen-bond acceptors (Lipinski definition) is 6. The third-order valence-corrected chi connectivity index (χ3v) is 6.99. The van der Waals surface area contributed by atoms with Crippen LogP contribution in [-0.2, 0) is 10.0 Å². The molecule has 0 radical (unpaired) electrons. The summed E-state index contributed by atoms with van der Waals surface area (Å²) in [5.74, 6) is 1.55. The monoisotopic (exact) mass is 406 g/mol. The van der Waals surface area contributed by atoms with Gasteiger partial charge in [-0.25, -0.2) is 8.42 Å². The number of rotatable bonds is 6. The molecular weight excluding hydrogens is 380 g/mol. The summed E-state index contributed by atoms with van der Waals surface area (Å²) >= 11 is 0. The summed E-state index contributed by atoms with van der Waals surface area (Å²) in [5.41, 5.74) is 1.04. The predicted octanol–water partition coefficient (Wildman–Crippen LogP) is 2.39. The van der Waals surface area contributed by atoms with Crippen LogP contribution in [0.3, 0.4) is 0 Å². The number of likely N-dealkylation sites (N-methyl/N-ethyl adjacent to an activating group) is 1. The highest BCUT2D eigenvalue weighted by atomic mass is 32.2. The lowest BCUT2D eigenvalue weighted by Crippen LogP contribution is -2.48. The molecule has 7 nitrogen and oxygen atoms in total. The van der Waals surface area contributed by atoms with E-state index in [0.717, 1.165) is 11.3 Å². The molecule has 1 atom stereocenters. The van der Waals surface area contributed by atoms with E-state index in [0.29, 0.717) is 31.1 Å². The van der Waals surface area contributed by atoms with Crippen molar-refractivity contribution >= 4 is 10.0 Å². The molecule has 1 saturated heterocycles. The molecule has 1 aliphatic heterocycles. The Morgan fingerprint density at radius 2 is 1.54 bits per heavy atom. The van der Waals surface area contributed by atoms with Gasteiger partial charge in [-0.3, -0.25) is 4.90 Å². The molecule has 3 rings (SSSR count). The Hall–Kier alpha value is -2.29. The van der Waals surface area contributed by atoms with Crippen LogP contribution in [0.4, 0.5) is 0 Å². The maximum atomic E-state index is 13.4. The Labute approximate surface area is 166 Å². The zero-order chi connectivity index (χ0) is 20.3. The first-order valence-electron chi connectivity index (χ1n) is 8.97. The maximum Gasteiger partial charge on any atom is 0.247 e. The summed E-state index contributed by atoms with van der Waals surface area (Å²) in [5, 5.41) is 0. The second-order valence-corrected chi connectivity index (χ2v) is 8.56. The van der Waals surface area contributed by atoms with E-state index in [2.05, 4.69) is 4.90 Å². The molecule has 0 amide bonds. The lowest BCUT2D eigenvalue weighted by atomic mass is 10.0. The number of sulfonamides is 1. The summed E-state index contributed by atoms with van der Waals surface area (Å²) in [4.78, 5) is 2.28. The van der Waals surface area contributed by atoms with Crippen LogP contribution in [0, 0.1) is 0 Å². The average Bonchev–Trinajstić information content (AvgIpc) is 2.73. The number of ether oxygens (including phenoxy) is 3. The van der Waals surface area contributed by atoms with Gasteiger partial charge in [-0.05, 0) is 36.9 Å². The van der Waals surface area contributed by atoms with Crippen LogP contribution in [0.2, 0.25) is 0 Å². The standard InChI is InChI=1S/C20H26N2O5S/c1-21-11-12-22(14-18(21)15-5-7-16(25-2)8-6-15)28(23,24)20-13-17(26-3)9-10-19(20)27-4/h5-10,13,18H,11-12,14H2,1-4H3. The van der Waals surface area contributed by atoms with Gasteiger partial charge < -0.3 is 14.2 Å². The van der Waals surface area contributed by atoms with Gasteiger partial charge in [-0.15, -0.1) is 0 Å². The van der Waals surface area contributed by atoms with Crippen LogP contribution in [-0.4, -0.2) is 65.6 Å². The first kappa shape index (κ1) is 20.4. The Balaban J connectivity index is 1.92. The van der Waals surface area contributed by atoms with E-state index in [1.807, 2.05) is 31.3 Å². The van der Waals surface area contributed by atoms with E-state index in [1.165, 1.54) is 24.6 Å². The van der Waals surface area contributed by atoms with E-state index in [-0.39, 0.29) is 10.9 Å². The van der Waals surface area contributed by atoms with Crippen molar-refractivity contribution in [1.29, 1.82) is 0 Å². The van der Waals surface area contributed by atoms with E-state index in [1.54, 1.807) is 19.2 Å². The Bertz CT molecular complexity index is 915. The van der Waals surface area contributed by atoms with Crippen molar-refractivity contribution in [1.82, 2.24) is 9.21 Å². The van der Waals surface area contributed by atoms with Gasteiger partial charge in [0.25, 0.3) is 0 Å². The summed E-state index contributed by atoms with van der Waals surface area (Å²) < 4.78 is 44.0. The topological polar surface area (TPSA) is 68.3 Å². The molecule has 2 aromatic carbocycles.